The molecule has 1 rings (SSSR count). The zero-order chi connectivity index (χ0) is 13.7. The summed E-state index contributed by atoms with van der Waals surface area (Å²) in [5.74, 6) is -0.887. The summed E-state index contributed by atoms with van der Waals surface area (Å²) >= 11 is 0. The molecule has 0 aromatic heterocycles. The van der Waals surface area contributed by atoms with E-state index in [0.717, 1.165) is 17.7 Å². The van der Waals surface area contributed by atoms with Gasteiger partial charge in [0, 0.05) is 6.04 Å². The highest BCUT2D eigenvalue weighted by Crippen LogP contribution is 2.27. The number of rotatable bonds is 5. The Morgan fingerprint density at radius 2 is 2.22 bits per heavy atom. The van der Waals surface area contributed by atoms with Gasteiger partial charge < -0.3 is 10.0 Å². The molecular weight excluding hydrogens is 228 g/mol. The number of carbonyl (C=O) groups is 1. The van der Waals surface area contributed by atoms with Crippen LogP contribution >= 0.6 is 0 Å². The topological polar surface area (TPSA) is 64.3 Å². The van der Waals surface area contributed by atoms with Crippen LogP contribution < -0.4 is 4.90 Å². The Labute approximate surface area is 107 Å². The van der Waals surface area contributed by atoms with Gasteiger partial charge in [0.05, 0.1) is 11.3 Å². The maximum absolute atomic E-state index is 11.0. The van der Waals surface area contributed by atoms with Crippen LogP contribution in [0.25, 0.3) is 0 Å². The molecule has 0 saturated carbocycles. The largest absolute Gasteiger partial charge is 0.480 e. The van der Waals surface area contributed by atoms with Gasteiger partial charge in [0.1, 0.15) is 12.6 Å². The molecule has 1 N–H and O–H groups in total. The summed E-state index contributed by atoms with van der Waals surface area (Å²) in [6.07, 6.45) is 0.826. The molecule has 0 heterocycles. The van der Waals surface area contributed by atoms with Crippen molar-refractivity contribution < 1.29 is 9.90 Å². The van der Waals surface area contributed by atoms with Gasteiger partial charge in [0.2, 0.25) is 0 Å². The average Bonchev–Trinajstić information content (AvgIpc) is 2.34. The lowest BCUT2D eigenvalue weighted by Gasteiger charge is -2.31. The van der Waals surface area contributed by atoms with Crippen molar-refractivity contribution in [2.75, 3.05) is 11.4 Å². The molecule has 0 bridgehead atoms. The monoisotopic (exact) mass is 246 g/mol. The number of hydrogen-bond donors (Lipinski definition) is 1. The van der Waals surface area contributed by atoms with Crippen LogP contribution in [0.2, 0.25) is 0 Å². The lowest BCUT2D eigenvalue weighted by molar-refractivity contribution is -0.135. The second-order valence-corrected chi connectivity index (χ2v) is 4.36. The van der Waals surface area contributed by atoms with Crippen LogP contribution in [0.15, 0.2) is 18.2 Å². The number of nitriles is 1. The Morgan fingerprint density at radius 3 is 2.72 bits per heavy atom. The van der Waals surface area contributed by atoms with Crippen LogP contribution in [0.1, 0.15) is 31.4 Å². The van der Waals surface area contributed by atoms with E-state index in [2.05, 4.69) is 6.07 Å². The molecule has 0 radical (unpaired) electrons. The van der Waals surface area contributed by atoms with Crippen molar-refractivity contribution in [1.29, 1.82) is 5.26 Å². The van der Waals surface area contributed by atoms with Gasteiger partial charge in [-0.2, -0.15) is 5.26 Å². The Bertz CT molecular complexity index is 477. The standard InChI is InChI=1S/C14H18N2O2/c1-4-11(3)16(9-13(17)18)14-10(2)6-5-7-12(14)8-15/h5-7,11H,4,9H2,1-3H3,(H,17,18). The van der Waals surface area contributed by atoms with Gasteiger partial charge in [0.15, 0.2) is 0 Å². The number of aryl methyl sites for hydroxylation is 1. The summed E-state index contributed by atoms with van der Waals surface area (Å²) in [6, 6.07) is 7.64. The van der Waals surface area contributed by atoms with Crippen molar-refractivity contribution in [3.63, 3.8) is 0 Å². The van der Waals surface area contributed by atoms with Crippen LogP contribution in [-0.4, -0.2) is 23.7 Å². The van der Waals surface area contributed by atoms with Crippen LogP contribution in [0.3, 0.4) is 0 Å². The molecule has 0 saturated heterocycles. The van der Waals surface area contributed by atoms with E-state index in [1.165, 1.54) is 0 Å². The maximum Gasteiger partial charge on any atom is 0.323 e. The van der Waals surface area contributed by atoms with Gasteiger partial charge in [0.25, 0.3) is 0 Å². The summed E-state index contributed by atoms with van der Waals surface area (Å²) in [7, 11) is 0. The summed E-state index contributed by atoms with van der Waals surface area (Å²) in [6.45, 7) is 5.78. The third-order valence-corrected chi connectivity index (χ3v) is 3.07. The maximum atomic E-state index is 11.0. The predicted molar refractivity (Wildman–Crippen MR) is 70.6 cm³/mol. The molecule has 18 heavy (non-hydrogen) atoms. The molecule has 1 unspecified atom stereocenters. The fraction of sp³-hybridized carbons (Fsp3) is 0.429. The molecule has 1 aromatic rings. The Balaban J connectivity index is 3.28. The summed E-state index contributed by atoms with van der Waals surface area (Å²) in [5, 5.41) is 18.2. The van der Waals surface area contributed by atoms with Crippen molar-refractivity contribution in [2.45, 2.75) is 33.2 Å². The van der Waals surface area contributed by atoms with E-state index in [4.69, 9.17) is 10.4 Å². The summed E-state index contributed by atoms with van der Waals surface area (Å²) < 4.78 is 0. The number of hydrogen-bond acceptors (Lipinski definition) is 3. The minimum Gasteiger partial charge on any atom is -0.480 e. The SMILES string of the molecule is CCC(C)N(CC(=O)O)c1c(C)cccc1C#N. The quantitative estimate of drug-likeness (QED) is 0.867. The molecule has 1 aromatic carbocycles. The molecule has 0 aliphatic carbocycles. The highest BCUT2D eigenvalue weighted by Gasteiger charge is 2.20. The van der Waals surface area contributed by atoms with Crippen molar-refractivity contribution in [1.82, 2.24) is 0 Å². The third kappa shape index (κ3) is 3.01. The molecule has 1 atom stereocenters. The minimum absolute atomic E-state index is 0.0781. The molecule has 96 valence electrons. The second-order valence-electron chi connectivity index (χ2n) is 4.36. The Morgan fingerprint density at radius 1 is 1.56 bits per heavy atom. The first-order valence-corrected chi connectivity index (χ1v) is 5.99. The smallest absolute Gasteiger partial charge is 0.323 e. The van der Waals surface area contributed by atoms with E-state index in [1.54, 1.807) is 11.0 Å². The Hall–Kier alpha value is -2.02. The van der Waals surface area contributed by atoms with Crippen molar-refractivity contribution in [2.24, 2.45) is 0 Å². The van der Waals surface area contributed by atoms with E-state index in [1.807, 2.05) is 32.9 Å². The number of anilines is 1. The first-order valence-electron chi connectivity index (χ1n) is 5.99. The molecule has 0 aliphatic rings. The van der Waals surface area contributed by atoms with E-state index < -0.39 is 5.97 Å². The number of carboxylic acids is 1. The van der Waals surface area contributed by atoms with E-state index in [-0.39, 0.29) is 12.6 Å². The molecule has 4 nitrogen and oxygen atoms in total. The highest BCUT2D eigenvalue weighted by atomic mass is 16.4. The van der Waals surface area contributed by atoms with Crippen LogP contribution in [-0.2, 0) is 4.79 Å². The fourth-order valence-electron chi connectivity index (χ4n) is 1.95. The van der Waals surface area contributed by atoms with Gasteiger partial charge in [-0.25, -0.2) is 0 Å². The highest BCUT2D eigenvalue weighted by molar-refractivity contribution is 5.76. The van der Waals surface area contributed by atoms with E-state index in [0.29, 0.717) is 5.56 Å². The zero-order valence-corrected chi connectivity index (χ0v) is 11.0. The molecule has 0 aliphatic heterocycles. The van der Waals surface area contributed by atoms with E-state index >= 15 is 0 Å². The molecule has 0 amide bonds. The van der Waals surface area contributed by atoms with Gasteiger partial charge in [-0.1, -0.05) is 19.1 Å². The lowest BCUT2D eigenvalue weighted by Crippen LogP contribution is -2.38. The van der Waals surface area contributed by atoms with Crippen LogP contribution in [0.5, 0.6) is 0 Å². The average molecular weight is 246 g/mol. The third-order valence-electron chi connectivity index (χ3n) is 3.07. The molecule has 0 fully saturated rings. The Kier molecular flexibility index (Phi) is 4.73. The number of nitrogens with zero attached hydrogens (tertiary/aromatic N) is 2. The predicted octanol–water partition coefficient (Wildman–Crippen LogP) is 2.56. The van der Waals surface area contributed by atoms with Crippen LogP contribution in [0.4, 0.5) is 5.69 Å². The van der Waals surface area contributed by atoms with Gasteiger partial charge >= 0.3 is 5.97 Å². The molecular formula is C14H18N2O2. The van der Waals surface area contributed by atoms with Gasteiger partial charge in [-0.3, -0.25) is 4.79 Å². The minimum atomic E-state index is -0.887. The molecule has 0 spiro atoms. The second kappa shape index (κ2) is 6.06. The van der Waals surface area contributed by atoms with E-state index in [9.17, 15) is 4.79 Å². The zero-order valence-electron chi connectivity index (χ0n) is 11.0. The first-order chi connectivity index (χ1) is 8.51. The number of carboxylic acid groups (broad SMARTS) is 1. The van der Waals surface area contributed by atoms with Crippen LogP contribution in [0, 0.1) is 18.3 Å². The number of para-hydroxylation sites is 1. The van der Waals surface area contributed by atoms with Crippen molar-refractivity contribution >= 4 is 11.7 Å². The van der Waals surface area contributed by atoms with Crippen molar-refractivity contribution in [3.05, 3.63) is 29.3 Å². The normalized spacial score (nSPS) is 11.7. The summed E-state index contributed by atoms with van der Waals surface area (Å²) in [4.78, 5) is 12.8. The molecule has 4 heteroatoms. The van der Waals surface area contributed by atoms with Gasteiger partial charge in [-0.15, -0.1) is 0 Å². The fourth-order valence-corrected chi connectivity index (χ4v) is 1.95. The van der Waals surface area contributed by atoms with Crippen molar-refractivity contribution in [3.8, 4) is 6.07 Å². The van der Waals surface area contributed by atoms with Gasteiger partial charge in [-0.05, 0) is 31.9 Å². The lowest BCUT2D eigenvalue weighted by atomic mass is 10.0. The summed E-state index contributed by atoms with van der Waals surface area (Å²) in [5.41, 5.74) is 2.18. The first kappa shape index (κ1) is 14.0. The number of benzene rings is 1. The number of aliphatic carboxylic acids is 1.